The largest absolute Gasteiger partial charge is 0.369 e. The molecule has 2 N–H and O–H groups in total. The maximum absolute atomic E-state index is 14.2. The summed E-state index contributed by atoms with van der Waals surface area (Å²) in [7, 11) is 0. The number of nitrogens with two attached hydrogens (primary N) is 1. The van der Waals surface area contributed by atoms with Crippen molar-refractivity contribution >= 4 is 11.8 Å². The zero-order valence-electron chi connectivity index (χ0n) is 13.7. The molecular weight excluding hydrogens is 323 g/mol. The topological polar surface area (TPSA) is 81.2 Å². The Morgan fingerprint density at radius 3 is 2.76 bits per heavy atom. The Kier molecular flexibility index (Phi) is 3.78. The lowest BCUT2D eigenvalue weighted by Gasteiger charge is -2.15. The molecule has 6 nitrogen and oxygen atoms in total. The van der Waals surface area contributed by atoms with Gasteiger partial charge in [-0.15, -0.1) is 0 Å². The highest BCUT2D eigenvalue weighted by atomic mass is 19.1. The number of halogens is 1. The van der Waals surface area contributed by atoms with Gasteiger partial charge in [-0.3, -0.25) is 9.59 Å². The molecule has 4 rings (SSSR count). The summed E-state index contributed by atoms with van der Waals surface area (Å²) < 4.78 is 15.7. The van der Waals surface area contributed by atoms with E-state index in [1.807, 2.05) is 0 Å². The molecule has 0 unspecified atom stereocenters. The molecule has 130 valence electrons. The zero-order valence-corrected chi connectivity index (χ0v) is 13.7. The lowest BCUT2D eigenvalue weighted by atomic mass is 10.1. The third-order valence-electron chi connectivity index (χ3n) is 5.09. The minimum atomic E-state index is -0.377. The average Bonchev–Trinajstić information content (AvgIpc) is 3.31. The number of primary amides is 1. The number of benzene rings is 1. The highest BCUT2D eigenvalue weighted by Gasteiger charge is 2.34. The molecule has 0 spiro atoms. The molecule has 25 heavy (non-hydrogen) atoms. The summed E-state index contributed by atoms with van der Waals surface area (Å²) >= 11 is 0. The normalized spacial score (nSPS) is 19.2. The summed E-state index contributed by atoms with van der Waals surface area (Å²) in [6.45, 7) is 0.823. The SMILES string of the molecule is NC(=O)[C@@H]1CCN(C(=O)c2nn(-c3ccccc3F)c3c2CCC3)C1. The van der Waals surface area contributed by atoms with Gasteiger partial charge in [0.15, 0.2) is 5.69 Å². The molecule has 1 aliphatic carbocycles. The molecule has 2 aromatic rings. The van der Waals surface area contributed by atoms with E-state index in [1.54, 1.807) is 27.8 Å². The molecule has 0 saturated carbocycles. The average molecular weight is 342 g/mol. The molecule has 7 heteroatoms. The first-order valence-electron chi connectivity index (χ1n) is 8.50. The molecule has 0 bridgehead atoms. The number of aromatic nitrogens is 2. The standard InChI is InChI=1S/C18H19FN4O2/c19-13-5-1-2-6-15(13)23-14-7-3-4-12(14)16(21-23)18(25)22-9-8-11(10-22)17(20)24/h1-2,5-6,11H,3-4,7-10H2,(H2,20,24)/t11-/m1/s1. The van der Waals surface area contributed by atoms with Gasteiger partial charge in [-0.1, -0.05) is 12.1 Å². The fourth-order valence-corrected chi connectivity index (χ4v) is 3.76. The van der Waals surface area contributed by atoms with Gasteiger partial charge >= 0.3 is 0 Å². The van der Waals surface area contributed by atoms with Gasteiger partial charge < -0.3 is 10.6 Å². The van der Waals surface area contributed by atoms with Crippen molar-refractivity contribution in [3.63, 3.8) is 0 Å². The van der Waals surface area contributed by atoms with Crippen LogP contribution in [0.25, 0.3) is 5.69 Å². The van der Waals surface area contributed by atoms with Gasteiger partial charge in [0.2, 0.25) is 5.91 Å². The number of nitrogens with zero attached hydrogens (tertiary/aromatic N) is 3. The third kappa shape index (κ3) is 2.59. The van der Waals surface area contributed by atoms with E-state index in [0.29, 0.717) is 30.9 Å². The van der Waals surface area contributed by atoms with Crippen molar-refractivity contribution in [1.29, 1.82) is 0 Å². The van der Waals surface area contributed by atoms with Crippen LogP contribution >= 0.6 is 0 Å². The van der Waals surface area contributed by atoms with Crippen LogP contribution in [0.2, 0.25) is 0 Å². The molecule has 1 aromatic heterocycles. The van der Waals surface area contributed by atoms with Crippen LogP contribution in [0.4, 0.5) is 4.39 Å². The monoisotopic (exact) mass is 342 g/mol. The second kappa shape index (κ2) is 5.98. The quantitative estimate of drug-likeness (QED) is 0.917. The summed E-state index contributed by atoms with van der Waals surface area (Å²) in [6, 6.07) is 6.43. The smallest absolute Gasteiger partial charge is 0.274 e. The van der Waals surface area contributed by atoms with Crippen molar-refractivity contribution in [2.75, 3.05) is 13.1 Å². The number of likely N-dealkylation sites (tertiary alicyclic amines) is 1. The molecule has 2 aliphatic rings. The van der Waals surface area contributed by atoms with E-state index >= 15 is 0 Å². The predicted molar refractivity (Wildman–Crippen MR) is 88.8 cm³/mol. The van der Waals surface area contributed by atoms with E-state index in [0.717, 1.165) is 30.5 Å². The van der Waals surface area contributed by atoms with Crippen molar-refractivity contribution in [2.24, 2.45) is 11.7 Å². The second-order valence-corrected chi connectivity index (χ2v) is 6.63. The highest BCUT2D eigenvalue weighted by Crippen LogP contribution is 2.30. The van der Waals surface area contributed by atoms with Crippen LogP contribution in [0.1, 0.15) is 34.6 Å². The number of carbonyl (C=O) groups is 2. The molecule has 0 radical (unpaired) electrons. The number of hydrogen-bond acceptors (Lipinski definition) is 3. The van der Waals surface area contributed by atoms with Crippen LogP contribution in [0.15, 0.2) is 24.3 Å². The second-order valence-electron chi connectivity index (χ2n) is 6.63. The van der Waals surface area contributed by atoms with Gasteiger partial charge in [0.25, 0.3) is 5.91 Å². The number of amides is 2. The van der Waals surface area contributed by atoms with Crippen molar-refractivity contribution in [2.45, 2.75) is 25.7 Å². The number of rotatable bonds is 3. The van der Waals surface area contributed by atoms with Gasteiger partial charge in [0.1, 0.15) is 11.5 Å². The molecule has 1 aliphatic heterocycles. The van der Waals surface area contributed by atoms with E-state index < -0.39 is 0 Å². The molecule has 1 fully saturated rings. The maximum Gasteiger partial charge on any atom is 0.274 e. The zero-order chi connectivity index (χ0) is 17.6. The molecular formula is C18H19FN4O2. The minimum absolute atomic E-state index is 0.197. The Balaban J connectivity index is 1.70. The molecule has 1 atom stereocenters. The summed E-state index contributed by atoms with van der Waals surface area (Å²) in [5, 5.41) is 4.45. The number of carbonyl (C=O) groups excluding carboxylic acids is 2. The number of hydrogen-bond donors (Lipinski definition) is 1. The van der Waals surface area contributed by atoms with Gasteiger partial charge in [-0.05, 0) is 37.8 Å². The molecule has 1 aromatic carbocycles. The minimum Gasteiger partial charge on any atom is -0.369 e. The number of fused-ring (bicyclic) bond motifs is 1. The maximum atomic E-state index is 14.2. The van der Waals surface area contributed by atoms with Crippen LogP contribution in [0.5, 0.6) is 0 Å². The fraction of sp³-hybridized carbons (Fsp3) is 0.389. The Morgan fingerprint density at radius 1 is 1.24 bits per heavy atom. The van der Waals surface area contributed by atoms with E-state index in [-0.39, 0.29) is 23.5 Å². The van der Waals surface area contributed by atoms with E-state index in [1.165, 1.54) is 6.07 Å². The lowest BCUT2D eigenvalue weighted by Crippen LogP contribution is -2.32. The fourth-order valence-electron chi connectivity index (χ4n) is 3.76. The van der Waals surface area contributed by atoms with Crippen LogP contribution < -0.4 is 5.73 Å². The Bertz CT molecular complexity index is 861. The van der Waals surface area contributed by atoms with Gasteiger partial charge in [-0.2, -0.15) is 5.10 Å². The van der Waals surface area contributed by atoms with Crippen LogP contribution in [-0.2, 0) is 17.6 Å². The Morgan fingerprint density at radius 2 is 2.04 bits per heavy atom. The highest BCUT2D eigenvalue weighted by molar-refractivity contribution is 5.95. The third-order valence-corrected chi connectivity index (χ3v) is 5.09. The first kappa shape index (κ1) is 15.8. The van der Waals surface area contributed by atoms with Gasteiger partial charge in [0.05, 0.1) is 5.92 Å². The lowest BCUT2D eigenvalue weighted by molar-refractivity contribution is -0.121. The van der Waals surface area contributed by atoms with Crippen LogP contribution in [0, 0.1) is 11.7 Å². The van der Waals surface area contributed by atoms with Crippen molar-refractivity contribution < 1.29 is 14.0 Å². The Hall–Kier alpha value is -2.70. The summed E-state index contributed by atoms with van der Waals surface area (Å²) in [6.07, 6.45) is 3.04. The van der Waals surface area contributed by atoms with Crippen LogP contribution in [-0.4, -0.2) is 39.6 Å². The Labute approximate surface area is 144 Å². The summed E-state index contributed by atoms with van der Waals surface area (Å²) in [5.41, 5.74) is 7.88. The first-order valence-corrected chi connectivity index (χ1v) is 8.50. The van der Waals surface area contributed by atoms with E-state index in [9.17, 15) is 14.0 Å². The molecule has 2 amide bonds. The summed E-state index contributed by atoms with van der Waals surface area (Å²) in [4.78, 5) is 25.9. The van der Waals surface area contributed by atoms with Gasteiger partial charge in [-0.25, -0.2) is 9.07 Å². The van der Waals surface area contributed by atoms with E-state index in [4.69, 9.17) is 5.73 Å². The van der Waals surface area contributed by atoms with Crippen molar-refractivity contribution in [3.05, 3.63) is 47.0 Å². The predicted octanol–water partition coefficient (Wildman–Crippen LogP) is 1.45. The number of para-hydroxylation sites is 1. The van der Waals surface area contributed by atoms with Crippen molar-refractivity contribution in [1.82, 2.24) is 14.7 Å². The van der Waals surface area contributed by atoms with Crippen molar-refractivity contribution in [3.8, 4) is 5.69 Å². The van der Waals surface area contributed by atoms with Gasteiger partial charge in [0, 0.05) is 24.3 Å². The van der Waals surface area contributed by atoms with E-state index in [2.05, 4.69) is 5.10 Å². The molecule has 1 saturated heterocycles. The first-order chi connectivity index (χ1) is 12.1. The molecule has 2 heterocycles. The summed E-state index contributed by atoms with van der Waals surface area (Å²) in [5.74, 6) is -1.24. The van der Waals surface area contributed by atoms with Crippen LogP contribution in [0.3, 0.4) is 0 Å².